The highest BCUT2D eigenvalue weighted by Gasteiger charge is 2.15. The number of nitrogens with zero attached hydrogens (tertiary/aromatic N) is 1. The predicted octanol–water partition coefficient (Wildman–Crippen LogP) is 2.56. The Bertz CT molecular complexity index is 427. The maximum absolute atomic E-state index is 8.45. The molecule has 1 aromatic rings. The van der Waals surface area contributed by atoms with Crippen LogP contribution in [0.3, 0.4) is 0 Å². The molecule has 0 radical (unpaired) electrons. The van der Waals surface area contributed by atoms with Crippen molar-refractivity contribution in [2.75, 3.05) is 0 Å². The minimum atomic E-state index is 0.197. The number of hydrogen-bond acceptors (Lipinski definition) is 2. The second-order valence-corrected chi connectivity index (χ2v) is 3.92. The first-order chi connectivity index (χ1) is 7.31. The molecule has 0 heterocycles. The van der Waals surface area contributed by atoms with Gasteiger partial charge in [-0.2, -0.15) is 5.26 Å². The van der Waals surface area contributed by atoms with Crippen molar-refractivity contribution >= 4 is 6.08 Å². The summed E-state index contributed by atoms with van der Waals surface area (Å²) in [5.74, 6) is 0. The van der Waals surface area contributed by atoms with Crippen molar-refractivity contribution in [3.05, 3.63) is 41.0 Å². The third-order valence-corrected chi connectivity index (χ3v) is 2.88. The molecule has 2 N–H and O–H groups in total. The lowest BCUT2D eigenvalue weighted by Crippen LogP contribution is -2.17. The van der Waals surface area contributed by atoms with Gasteiger partial charge in [0.25, 0.3) is 0 Å². The Balaban J connectivity index is 2.34. The molecule has 1 aromatic carbocycles. The lowest BCUT2D eigenvalue weighted by molar-refractivity contribution is 0.570. The zero-order chi connectivity index (χ0) is 10.7. The zero-order valence-corrected chi connectivity index (χ0v) is 8.61. The molecule has 2 heteroatoms. The molecule has 0 saturated carbocycles. The van der Waals surface area contributed by atoms with E-state index < -0.39 is 0 Å². The minimum absolute atomic E-state index is 0.197. The van der Waals surface area contributed by atoms with Gasteiger partial charge in [0.1, 0.15) is 0 Å². The number of hydrogen-bond donors (Lipinski definition) is 1. The summed E-state index contributed by atoms with van der Waals surface area (Å²) in [5.41, 5.74) is 9.73. The number of allylic oxidation sites excluding steroid dienone is 1. The standard InChI is InChI=1S/C13H14N2/c14-8-2-3-10-6-7-12-11(9-10)4-1-5-13(12)15/h2-3,6-7,9,13H,1,4-5,15H2/t13-/m0/s1. The molecule has 1 aliphatic carbocycles. The van der Waals surface area contributed by atoms with Crippen molar-refractivity contribution < 1.29 is 0 Å². The summed E-state index contributed by atoms with van der Waals surface area (Å²) >= 11 is 0. The summed E-state index contributed by atoms with van der Waals surface area (Å²) in [6.07, 6.45) is 6.70. The van der Waals surface area contributed by atoms with Gasteiger partial charge >= 0.3 is 0 Å². The van der Waals surface area contributed by atoms with E-state index in [4.69, 9.17) is 11.0 Å². The van der Waals surface area contributed by atoms with Crippen LogP contribution in [0, 0.1) is 11.3 Å². The van der Waals surface area contributed by atoms with Gasteiger partial charge in [0, 0.05) is 12.1 Å². The average molecular weight is 198 g/mol. The van der Waals surface area contributed by atoms with E-state index in [2.05, 4.69) is 12.1 Å². The molecular formula is C13H14N2. The van der Waals surface area contributed by atoms with E-state index in [0.29, 0.717) is 0 Å². The smallest absolute Gasteiger partial charge is 0.0912 e. The predicted molar refractivity (Wildman–Crippen MR) is 61.0 cm³/mol. The molecule has 0 aromatic heterocycles. The van der Waals surface area contributed by atoms with Gasteiger partial charge in [-0.3, -0.25) is 0 Å². The average Bonchev–Trinajstić information content (AvgIpc) is 2.26. The molecule has 0 fully saturated rings. The molecule has 0 aliphatic heterocycles. The van der Waals surface area contributed by atoms with Crippen LogP contribution in [0.25, 0.3) is 6.08 Å². The van der Waals surface area contributed by atoms with Crippen LogP contribution in [-0.4, -0.2) is 0 Å². The Morgan fingerprint density at radius 2 is 2.33 bits per heavy atom. The van der Waals surface area contributed by atoms with E-state index in [1.54, 1.807) is 0 Å². The second kappa shape index (κ2) is 4.29. The van der Waals surface area contributed by atoms with E-state index >= 15 is 0 Å². The van der Waals surface area contributed by atoms with Crippen molar-refractivity contribution in [1.82, 2.24) is 0 Å². The summed E-state index contributed by atoms with van der Waals surface area (Å²) in [6, 6.07) is 8.46. The van der Waals surface area contributed by atoms with Crippen LogP contribution >= 0.6 is 0 Å². The molecule has 0 spiro atoms. The Hall–Kier alpha value is -1.59. The van der Waals surface area contributed by atoms with Crippen LogP contribution in [0.4, 0.5) is 0 Å². The van der Waals surface area contributed by atoms with Crippen molar-refractivity contribution in [2.24, 2.45) is 5.73 Å². The maximum atomic E-state index is 8.45. The molecule has 15 heavy (non-hydrogen) atoms. The number of nitrogens with two attached hydrogens (primary N) is 1. The number of fused-ring (bicyclic) bond motifs is 1. The highest BCUT2D eigenvalue weighted by molar-refractivity contribution is 5.54. The summed E-state index contributed by atoms with van der Waals surface area (Å²) in [5, 5.41) is 8.45. The number of rotatable bonds is 1. The molecule has 1 aliphatic rings. The van der Waals surface area contributed by atoms with Crippen molar-refractivity contribution in [2.45, 2.75) is 25.3 Å². The summed E-state index contributed by atoms with van der Waals surface area (Å²) < 4.78 is 0. The highest BCUT2D eigenvalue weighted by Crippen LogP contribution is 2.28. The molecule has 76 valence electrons. The van der Waals surface area contributed by atoms with Crippen LogP contribution in [0.5, 0.6) is 0 Å². The lowest BCUT2D eigenvalue weighted by Gasteiger charge is -2.22. The van der Waals surface area contributed by atoms with E-state index in [-0.39, 0.29) is 6.04 Å². The fourth-order valence-electron chi connectivity index (χ4n) is 2.11. The number of benzene rings is 1. The molecule has 0 unspecified atom stereocenters. The largest absolute Gasteiger partial charge is 0.324 e. The van der Waals surface area contributed by atoms with E-state index in [0.717, 1.165) is 18.4 Å². The lowest BCUT2D eigenvalue weighted by atomic mass is 9.87. The molecule has 0 amide bonds. The molecule has 0 bridgehead atoms. The van der Waals surface area contributed by atoms with Gasteiger partial charge in [-0.1, -0.05) is 18.2 Å². The minimum Gasteiger partial charge on any atom is -0.324 e. The third-order valence-electron chi connectivity index (χ3n) is 2.88. The maximum Gasteiger partial charge on any atom is 0.0912 e. The fourth-order valence-corrected chi connectivity index (χ4v) is 2.11. The Labute approximate surface area is 90.0 Å². The van der Waals surface area contributed by atoms with Crippen LogP contribution < -0.4 is 5.73 Å². The first-order valence-electron chi connectivity index (χ1n) is 5.26. The van der Waals surface area contributed by atoms with Crippen molar-refractivity contribution in [1.29, 1.82) is 5.26 Å². The third kappa shape index (κ3) is 2.08. The number of nitriles is 1. The van der Waals surface area contributed by atoms with Gasteiger partial charge in [0.15, 0.2) is 0 Å². The fraction of sp³-hybridized carbons (Fsp3) is 0.308. The Morgan fingerprint density at radius 1 is 1.47 bits per heavy atom. The summed E-state index contributed by atoms with van der Waals surface area (Å²) in [7, 11) is 0. The first-order valence-corrected chi connectivity index (χ1v) is 5.26. The van der Waals surface area contributed by atoms with Gasteiger partial charge in [-0.15, -0.1) is 0 Å². The zero-order valence-electron chi connectivity index (χ0n) is 8.61. The Kier molecular flexibility index (Phi) is 2.84. The topological polar surface area (TPSA) is 49.8 Å². The summed E-state index contributed by atoms with van der Waals surface area (Å²) in [4.78, 5) is 0. The van der Waals surface area contributed by atoms with Crippen LogP contribution in [0.1, 0.15) is 35.6 Å². The summed E-state index contributed by atoms with van der Waals surface area (Å²) in [6.45, 7) is 0. The van der Waals surface area contributed by atoms with Crippen molar-refractivity contribution in [3.63, 3.8) is 0 Å². The van der Waals surface area contributed by atoms with Crippen LogP contribution in [-0.2, 0) is 6.42 Å². The van der Waals surface area contributed by atoms with Crippen molar-refractivity contribution in [3.8, 4) is 6.07 Å². The van der Waals surface area contributed by atoms with E-state index in [1.165, 1.54) is 23.6 Å². The van der Waals surface area contributed by atoms with Crippen LogP contribution in [0.15, 0.2) is 24.3 Å². The molecule has 1 atom stereocenters. The molecule has 0 saturated heterocycles. The van der Waals surface area contributed by atoms with Gasteiger partial charge in [-0.05, 0) is 42.0 Å². The van der Waals surface area contributed by atoms with E-state index in [9.17, 15) is 0 Å². The SMILES string of the molecule is N#CC=Cc1ccc2c(c1)CCC[C@@H]2N. The van der Waals surface area contributed by atoms with Gasteiger partial charge in [0.05, 0.1) is 6.07 Å². The monoisotopic (exact) mass is 198 g/mol. The normalized spacial score (nSPS) is 19.9. The highest BCUT2D eigenvalue weighted by atomic mass is 14.6. The number of aryl methyl sites for hydroxylation is 1. The molecular weight excluding hydrogens is 184 g/mol. The first kappa shape index (κ1) is 9.95. The second-order valence-electron chi connectivity index (χ2n) is 3.92. The quantitative estimate of drug-likeness (QED) is 0.705. The van der Waals surface area contributed by atoms with Gasteiger partial charge in [0.2, 0.25) is 0 Å². The van der Waals surface area contributed by atoms with Gasteiger partial charge in [-0.25, -0.2) is 0 Å². The van der Waals surface area contributed by atoms with E-state index in [1.807, 2.05) is 18.2 Å². The molecule has 2 nitrogen and oxygen atoms in total. The van der Waals surface area contributed by atoms with Crippen LogP contribution in [0.2, 0.25) is 0 Å². The van der Waals surface area contributed by atoms with Gasteiger partial charge < -0.3 is 5.73 Å². The Morgan fingerprint density at radius 3 is 3.13 bits per heavy atom. The molecule has 2 rings (SSSR count).